The van der Waals surface area contributed by atoms with Crippen LogP contribution in [0.15, 0.2) is 48.5 Å². The highest BCUT2D eigenvalue weighted by Gasteiger charge is 2.39. The molecule has 1 saturated heterocycles. The van der Waals surface area contributed by atoms with Crippen molar-refractivity contribution in [3.05, 3.63) is 64.1 Å². The molecule has 2 aromatic carbocycles. The smallest absolute Gasteiger partial charge is 0.237 e. The van der Waals surface area contributed by atoms with E-state index in [9.17, 15) is 9.59 Å². The van der Waals surface area contributed by atoms with Gasteiger partial charge < -0.3 is 0 Å². The molecule has 5 heteroatoms. The molecule has 0 N–H and O–H groups in total. The van der Waals surface area contributed by atoms with Gasteiger partial charge in [0.05, 0.1) is 11.6 Å². The molecule has 1 aliphatic rings. The van der Waals surface area contributed by atoms with Crippen molar-refractivity contribution in [2.24, 2.45) is 5.92 Å². The van der Waals surface area contributed by atoms with Crippen LogP contribution >= 0.6 is 23.2 Å². The maximum atomic E-state index is 12.5. The van der Waals surface area contributed by atoms with E-state index in [1.807, 2.05) is 12.1 Å². The van der Waals surface area contributed by atoms with Gasteiger partial charge in [-0.15, -0.1) is 0 Å². The molecule has 0 spiro atoms. The number of halogens is 2. The van der Waals surface area contributed by atoms with Gasteiger partial charge in [0, 0.05) is 16.5 Å². The Hall–Kier alpha value is -1.84. The van der Waals surface area contributed by atoms with Gasteiger partial charge in [-0.25, -0.2) is 0 Å². The van der Waals surface area contributed by atoms with E-state index in [1.54, 1.807) is 36.4 Å². The SMILES string of the molecule is O=C1C[C@H](Cc2ccc(Cl)cc2)C(=O)N1c1cccc(Cl)c1. The van der Waals surface area contributed by atoms with Crippen LogP contribution in [0.2, 0.25) is 10.0 Å². The molecular weight excluding hydrogens is 321 g/mol. The number of imide groups is 1. The van der Waals surface area contributed by atoms with E-state index in [-0.39, 0.29) is 24.2 Å². The Balaban J connectivity index is 1.81. The van der Waals surface area contributed by atoms with E-state index in [0.717, 1.165) is 5.56 Å². The monoisotopic (exact) mass is 333 g/mol. The fourth-order valence-electron chi connectivity index (χ4n) is 2.65. The van der Waals surface area contributed by atoms with Gasteiger partial charge in [-0.1, -0.05) is 41.4 Å². The molecule has 0 aromatic heterocycles. The Morgan fingerprint density at radius 2 is 1.73 bits per heavy atom. The zero-order chi connectivity index (χ0) is 15.7. The maximum Gasteiger partial charge on any atom is 0.237 e. The van der Waals surface area contributed by atoms with Crippen LogP contribution in [0.1, 0.15) is 12.0 Å². The van der Waals surface area contributed by atoms with E-state index in [1.165, 1.54) is 4.90 Å². The lowest BCUT2D eigenvalue weighted by Gasteiger charge is -2.15. The quantitative estimate of drug-likeness (QED) is 0.792. The minimum atomic E-state index is -0.340. The molecule has 0 radical (unpaired) electrons. The van der Waals surface area contributed by atoms with Gasteiger partial charge in [0.2, 0.25) is 11.8 Å². The summed E-state index contributed by atoms with van der Waals surface area (Å²) in [5.74, 6) is -0.707. The minimum absolute atomic E-state index is 0.179. The van der Waals surface area contributed by atoms with Crippen LogP contribution in [-0.4, -0.2) is 11.8 Å². The van der Waals surface area contributed by atoms with Gasteiger partial charge in [-0.3, -0.25) is 14.5 Å². The lowest BCUT2D eigenvalue weighted by molar-refractivity contribution is -0.122. The van der Waals surface area contributed by atoms with Gasteiger partial charge in [-0.05, 0) is 42.3 Å². The Bertz CT molecular complexity index is 728. The zero-order valence-electron chi connectivity index (χ0n) is 11.6. The third kappa shape index (κ3) is 3.01. The average molecular weight is 334 g/mol. The molecule has 3 rings (SSSR count). The van der Waals surface area contributed by atoms with Crippen LogP contribution in [0, 0.1) is 5.92 Å². The van der Waals surface area contributed by atoms with Crippen LogP contribution in [0.4, 0.5) is 5.69 Å². The second kappa shape index (κ2) is 6.11. The number of carbonyl (C=O) groups is 2. The molecule has 0 bridgehead atoms. The topological polar surface area (TPSA) is 37.4 Å². The second-order valence-corrected chi connectivity index (χ2v) is 6.15. The predicted molar refractivity (Wildman–Crippen MR) is 87.2 cm³/mol. The van der Waals surface area contributed by atoms with Gasteiger partial charge in [0.15, 0.2) is 0 Å². The average Bonchev–Trinajstić information content (AvgIpc) is 2.76. The largest absolute Gasteiger partial charge is 0.274 e. The fraction of sp³-hybridized carbons (Fsp3) is 0.176. The lowest BCUT2D eigenvalue weighted by atomic mass is 9.98. The lowest BCUT2D eigenvalue weighted by Crippen LogP contribution is -2.30. The van der Waals surface area contributed by atoms with Crippen molar-refractivity contribution in [2.75, 3.05) is 4.90 Å². The molecule has 0 aliphatic carbocycles. The third-order valence-electron chi connectivity index (χ3n) is 3.70. The summed E-state index contributed by atoms with van der Waals surface area (Å²) in [6.45, 7) is 0. The Kier molecular flexibility index (Phi) is 4.19. The van der Waals surface area contributed by atoms with Crippen LogP contribution in [0.25, 0.3) is 0 Å². The first kappa shape index (κ1) is 15.1. The molecule has 3 nitrogen and oxygen atoms in total. The standard InChI is InChI=1S/C17H13Cl2NO2/c18-13-6-4-11(5-7-13)8-12-9-16(21)20(17(12)22)15-3-1-2-14(19)10-15/h1-7,10,12H,8-9H2/t12-/m0/s1. The summed E-state index contributed by atoms with van der Waals surface area (Å²) < 4.78 is 0. The number of hydrogen-bond donors (Lipinski definition) is 0. The van der Waals surface area contributed by atoms with E-state index in [2.05, 4.69) is 0 Å². The summed E-state index contributed by atoms with van der Waals surface area (Å²) in [5.41, 5.74) is 1.52. The highest BCUT2D eigenvalue weighted by molar-refractivity contribution is 6.31. The number of benzene rings is 2. The van der Waals surface area contributed by atoms with Crippen molar-refractivity contribution in [1.29, 1.82) is 0 Å². The van der Waals surface area contributed by atoms with E-state index < -0.39 is 0 Å². The van der Waals surface area contributed by atoms with Crippen molar-refractivity contribution in [3.63, 3.8) is 0 Å². The van der Waals surface area contributed by atoms with Crippen molar-refractivity contribution in [3.8, 4) is 0 Å². The van der Waals surface area contributed by atoms with Gasteiger partial charge in [-0.2, -0.15) is 0 Å². The second-order valence-electron chi connectivity index (χ2n) is 5.28. The van der Waals surface area contributed by atoms with Gasteiger partial charge in [0.25, 0.3) is 0 Å². The maximum absolute atomic E-state index is 12.5. The summed E-state index contributed by atoms with van der Waals surface area (Å²) in [5, 5.41) is 1.15. The zero-order valence-corrected chi connectivity index (χ0v) is 13.1. The van der Waals surface area contributed by atoms with E-state index in [4.69, 9.17) is 23.2 Å². The van der Waals surface area contributed by atoms with Crippen molar-refractivity contribution >= 4 is 40.7 Å². The molecule has 112 valence electrons. The predicted octanol–water partition coefficient (Wildman–Crippen LogP) is 4.12. The Morgan fingerprint density at radius 3 is 2.41 bits per heavy atom. The van der Waals surface area contributed by atoms with Crippen molar-refractivity contribution in [2.45, 2.75) is 12.8 Å². The number of nitrogens with zero attached hydrogens (tertiary/aromatic N) is 1. The molecule has 1 atom stereocenters. The number of amides is 2. The fourth-order valence-corrected chi connectivity index (χ4v) is 2.96. The molecular formula is C17H13Cl2NO2. The Labute approximate surface area is 138 Å². The third-order valence-corrected chi connectivity index (χ3v) is 4.19. The first-order valence-electron chi connectivity index (χ1n) is 6.91. The van der Waals surface area contributed by atoms with E-state index in [0.29, 0.717) is 22.2 Å². The number of rotatable bonds is 3. The summed E-state index contributed by atoms with van der Waals surface area (Å²) in [6, 6.07) is 14.1. The normalized spacial score (nSPS) is 18.1. The molecule has 22 heavy (non-hydrogen) atoms. The highest BCUT2D eigenvalue weighted by atomic mass is 35.5. The first-order chi connectivity index (χ1) is 10.5. The van der Waals surface area contributed by atoms with Crippen molar-refractivity contribution in [1.82, 2.24) is 0 Å². The highest BCUT2D eigenvalue weighted by Crippen LogP contribution is 2.30. The van der Waals surface area contributed by atoms with Crippen LogP contribution < -0.4 is 4.90 Å². The van der Waals surface area contributed by atoms with Crippen LogP contribution in [0.3, 0.4) is 0 Å². The van der Waals surface area contributed by atoms with Crippen molar-refractivity contribution < 1.29 is 9.59 Å². The van der Waals surface area contributed by atoms with Gasteiger partial charge >= 0.3 is 0 Å². The summed E-state index contributed by atoms with van der Waals surface area (Å²) in [7, 11) is 0. The summed E-state index contributed by atoms with van der Waals surface area (Å²) >= 11 is 11.8. The molecule has 2 aromatic rings. The Morgan fingerprint density at radius 1 is 1.00 bits per heavy atom. The van der Waals surface area contributed by atoms with E-state index >= 15 is 0 Å². The number of carbonyl (C=O) groups excluding carboxylic acids is 2. The van der Waals surface area contributed by atoms with Crippen LogP contribution in [0.5, 0.6) is 0 Å². The molecule has 0 unspecified atom stereocenters. The molecule has 1 aliphatic heterocycles. The summed E-state index contributed by atoms with van der Waals surface area (Å²) in [4.78, 5) is 26.0. The first-order valence-corrected chi connectivity index (χ1v) is 7.67. The minimum Gasteiger partial charge on any atom is -0.274 e. The van der Waals surface area contributed by atoms with Gasteiger partial charge in [0.1, 0.15) is 0 Å². The molecule has 1 heterocycles. The number of hydrogen-bond acceptors (Lipinski definition) is 2. The summed E-state index contributed by atoms with van der Waals surface area (Å²) in [6.07, 6.45) is 0.743. The molecule has 2 amide bonds. The molecule has 0 saturated carbocycles. The van der Waals surface area contributed by atoms with Crippen LogP contribution in [-0.2, 0) is 16.0 Å². The number of anilines is 1. The molecule has 1 fully saturated rings.